The molecule has 5 heteroatoms. The molecule has 0 aliphatic carbocycles. The lowest BCUT2D eigenvalue weighted by Gasteiger charge is -2.16. The molecule has 1 aliphatic heterocycles. The maximum atomic E-state index is 12.2. The molecule has 0 spiro atoms. The van der Waals surface area contributed by atoms with Crippen LogP contribution in [0, 0.1) is 0 Å². The highest BCUT2D eigenvalue weighted by Crippen LogP contribution is 2.21. The van der Waals surface area contributed by atoms with Gasteiger partial charge in [-0.05, 0) is 49.6 Å². The zero-order valence-electron chi connectivity index (χ0n) is 15.0. The summed E-state index contributed by atoms with van der Waals surface area (Å²) >= 11 is 0. The second kappa shape index (κ2) is 9.36. The fourth-order valence-corrected chi connectivity index (χ4v) is 2.78. The third-order valence-electron chi connectivity index (χ3n) is 4.27. The Labute approximate surface area is 154 Å². The summed E-state index contributed by atoms with van der Waals surface area (Å²) in [6.07, 6.45) is 1.69. The Kier molecular flexibility index (Phi) is 6.63. The van der Waals surface area contributed by atoms with E-state index in [9.17, 15) is 4.79 Å². The minimum atomic E-state index is -0.497. The van der Waals surface area contributed by atoms with Crippen molar-refractivity contribution >= 4 is 5.91 Å². The molecule has 26 heavy (non-hydrogen) atoms. The van der Waals surface area contributed by atoms with Crippen LogP contribution in [0.2, 0.25) is 0 Å². The van der Waals surface area contributed by atoms with Crippen molar-refractivity contribution in [1.82, 2.24) is 5.32 Å². The minimum absolute atomic E-state index is 0.122. The second-order valence-corrected chi connectivity index (χ2v) is 6.39. The highest BCUT2D eigenvalue weighted by Gasteiger charge is 2.19. The summed E-state index contributed by atoms with van der Waals surface area (Å²) in [6.45, 7) is 3.45. The van der Waals surface area contributed by atoms with E-state index in [2.05, 4.69) is 5.32 Å². The van der Waals surface area contributed by atoms with Crippen LogP contribution in [0.5, 0.6) is 11.5 Å². The molecule has 1 heterocycles. The molecule has 3 rings (SSSR count). The van der Waals surface area contributed by atoms with E-state index in [1.165, 1.54) is 0 Å². The molecule has 2 aromatic rings. The molecule has 2 unspecified atom stereocenters. The van der Waals surface area contributed by atoms with Crippen LogP contribution in [0.1, 0.15) is 25.3 Å². The van der Waals surface area contributed by atoms with Crippen molar-refractivity contribution in [3.63, 3.8) is 0 Å². The Morgan fingerprint density at radius 2 is 2.00 bits per heavy atom. The molecular weight excluding hydrogens is 330 g/mol. The Morgan fingerprint density at radius 3 is 2.77 bits per heavy atom. The molecule has 2 atom stereocenters. The fraction of sp³-hybridized carbons (Fsp3) is 0.381. The molecular formula is C21H25NO4. The standard InChI is InChI=1S/C21H25NO4/c1-16(25-15-20-11-6-12-24-20)21(23)22-14-17-7-5-10-19(13-17)26-18-8-3-2-4-9-18/h2-5,7-10,13,16,20H,6,11-12,14-15H2,1H3,(H,22,23). The molecule has 1 amide bonds. The van der Waals surface area contributed by atoms with Crippen LogP contribution in [-0.4, -0.2) is 31.3 Å². The molecule has 5 nitrogen and oxygen atoms in total. The summed E-state index contributed by atoms with van der Waals surface area (Å²) in [5.74, 6) is 1.40. The third-order valence-corrected chi connectivity index (χ3v) is 4.27. The average Bonchev–Trinajstić information content (AvgIpc) is 3.19. The molecule has 1 saturated heterocycles. The third kappa shape index (κ3) is 5.58. The SMILES string of the molecule is CC(OCC1CCCO1)C(=O)NCc1cccc(Oc2ccccc2)c1. The van der Waals surface area contributed by atoms with Crippen molar-refractivity contribution < 1.29 is 19.0 Å². The van der Waals surface area contributed by atoms with E-state index in [0.717, 1.165) is 36.5 Å². The van der Waals surface area contributed by atoms with Crippen molar-refractivity contribution in [2.24, 2.45) is 0 Å². The number of ether oxygens (including phenoxy) is 3. The number of hydrogen-bond acceptors (Lipinski definition) is 4. The van der Waals surface area contributed by atoms with Gasteiger partial charge >= 0.3 is 0 Å². The van der Waals surface area contributed by atoms with Crippen LogP contribution in [-0.2, 0) is 20.8 Å². The normalized spacial score (nSPS) is 17.7. The van der Waals surface area contributed by atoms with E-state index < -0.39 is 6.10 Å². The van der Waals surface area contributed by atoms with E-state index in [-0.39, 0.29) is 12.0 Å². The molecule has 2 aromatic carbocycles. The van der Waals surface area contributed by atoms with Gasteiger partial charge in [-0.3, -0.25) is 4.79 Å². The summed E-state index contributed by atoms with van der Waals surface area (Å²) < 4.78 is 16.9. The van der Waals surface area contributed by atoms with Crippen molar-refractivity contribution in [2.75, 3.05) is 13.2 Å². The number of rotatable bonds is 8. The first-order valence-corrected chi connectivity index (χ1v) is 9.03. The maximum absolute atomic E-state index is 12.2. The smallest absolute Gasteiger partial charge is 0.249 e. The van der Waals surface area contributed by atoms with Crippen molar-refractivity contribution in [1.29, 1.82) is 0 Å². The molecule has 138 valence electrons. The van der Waals surface area contributed by atoms with Gasteiger partial charge in [-0.1, -0.05) is 30.3 Å². The summed E-state index contributed by atoms with van der Waals surface area (Å²) in [5, 5.41) is 2.90. The number of amides is 1. The van der Waals surface area contributed by atoms with Gasteiger partial charge in [-0.15, -0.1) is 0 Å². The van der Waals surface area contributed by atoms with Gasteiger partial charge in [0.25, 0.3) is 0 Å². The molecule has 0 aromatic heterocycles. The van der Waals surface area contributed by atoms with Crippen LogP contribution in [0.25, 0.3) is 0 Å². The van der Waals surface area contributed by atoms with Crippen LogP contribution in [0.3, 0.4) is 0 Å². The monoisotopic (exact) mass is 355 g/mol. The minimum Gasteiger partial charge on any atom is -0.457 e. The van der Waals surface area contributed by atoms with Crippen LogP contribution >= 0.6 is 0 Å². The summed E-state index contributed by atoms with van der Waals surface area (Å²) in [6, 6.07) is 17.3. The van der Waals surface area contributed by atoms with Gasteiger partial charge in [0.15, 0.2) is 0 Å². The highest BCUT2D eigenvalue weighted by molar-refractivity contribution is 5.80. The number of carbonyl (C=O) groups excluding carboxylic acids is 1. The number of carbonyl (C=O) groups is 1. The predicted molar refractivity (Wildman–Crippen MR) is 99.2 cm³/mol. The van der Waals surface area contributed by atoms with E-state index in [4.69, 9.17) is 14.2 Å². The maximum Gasteiger partial charge on any atom is 0.249 e. The van der Waals surface area contributed by atoms with Crippen LogP contribution in [0.15, 0.2) is 54.6 Å². The largest absolute Gasteiger partial charge is 0.457 e. The lowest BCUT2D eigenvalue weighted by molar-refractivity contribution is -0.133. The summed E-state index contributed by atoms with van der Waals surface area (Å²) in [4.78, 5) is 12.2. The van der Waals surface area contributed by atoms with E-state index in [1.54, 1.807) is 6.92 Å². The molecule has 1 N–H and O–H groups in total. The first-order valence-electron chi connectivity index (χ1n) is 9.03. The van der Waals surface area contributed by atoms with E-state index >= 15 is 0 Å². The first kappa shape index (κ1) is 18.4. The van der Waals surface area contributed by atoms with E-state index in [0.29, 0.717) is 13.2 Å². The zero-order chi connectivity index (χ0) is 18.2. The van der Waals surface area contributed by atoms with Gasteiger partial charge < -0.3 is 19.5 Å². The fourth-order valence-electron chi connectivity index (χ4n) is 2.78. The number of nitrogens with one attached hydrogen (secondary N) is 1. The molecule has 1 aliphatic rings. The van der Waals surface area contributed by atoms with E-state index in [1.807, 2.05) is 54.6 Å². The summed E-state index contributed by atoms with van der Waals surface area (Å²) in [5.41, 5.74) is 0.970. The number of hydrogen-bond donors (Lipinski definition) is 1. The van der Waals surface area contributed by atoms with Crippen molar-refractivity contribution in [2.45, 2.75) is 38.5 Å². The Morgan fingerprint density at radius 1 is 1.19 bits per heavy atom. The van der Waals surface area contributed by atoms with Gasteiger partial charge in [0, 0.05) is 13.2 Å². The van der Waals surface area contributed by atoms with Gasteiger partial charge in [0.2, 0.25) is 5.91 Å². The Hall–Kier alpha value is -2.37. The Bertz CT molecular complexity index is 698. The number of benzene rings is 2. The lowest BCUT2D eigenvalue weighted by atomic mass is 10.2. The molecule has 1 fully saturated rings. The number of para-hydroxylation sites is 1. The molecule has 0 saturated carbocycles. The van der Waals surface area contributed by atoms with Gasteiger partial charge in [0.1, 0.15) is 17.6 Å². The second-order valence-electron chi connectivity index (χ2n) is 6.39. The molecule has 0 radical (unpaired) electrons. The topological polar surface area (TPSA) is 56.8 Å². The highest BCUT2D eigenvalue weighted by atomic mass is 16.5. The Balaban J connectivity index is 1.46. The first-order chi connectivity index (χ1) is 12.7. The predicted octanol–water partition coefficient (Wildman–Crippen LogP) is 3.68. The molecule has 0 bridgehead atoms. The van der Waals surface area contributed by atoms with Gasteiger partial charge in [-0.25, -0.2) is 0 Å². The van der Waals surface area contributed by atoms with Crippen LogP contribution < -0.4 is 10.1 Å². The van der Waals surface area contributed by atoms with Crippen molar-refractivity contribution in [3.8, 4) is 11.5 Å². The van der Waals surface area contributed by atoms with Gasteiger partial charge in [0.05, 0.1) is 12.7 Å². The van der Waals surface area contributed by atoms with Crippen LogP contribution in [0.4, 0.5) is 0 Å². The average molecular weight is 355 g/mol. The summed E-state index contributed by atoms with van der Waals surface area (Å²) in [7, 11) is 0. The van der Waals surface area contributed by atoms with Gasteiger partial charge in [-0.2, -0.15) is 0 Å². The van der Waals surface area contributed by atoms with Crippen molar-refractivity contribution in [3.05, 3.63) is 60.2 Å². The lowest BCUT2D eigenvalue weighted by Crippen LogP contribution is -2.35. The zero-order valence-corrected chi connectivity index (χ0v) is 15.0. The quantitative estimate of drug-likeness (QED) is 0.785.